The van der Waals surface area contributed by atoms with Crippen molar-refractivity contribution in [3.8, 4) is 0 Å². The van der Waals surface area contributed by atoms with Crippen molar-refractivity contribution in [2.45, 2.75) is 5.75 Å². The predicted octanol–water partition coefficient (Wildman–Crippen LogP) is 4.66. The summed E-state index contributed by atoms with van der Waals surface area (Å²) in [5.74, 6) is 1.57. The van der Waals surface area contributed by atoms with Crippen LogP contribution in [0.1, 0.15) is 15.9 Å². The minimum atomic E-state index is -0.101. The summed E-state index contributed by atoms with van der Waals surface area (Å²) in [6.45, 7) is 0.612. The maximum atomic E-state index is 11.9. The molecule has 0 saturated carbocycles. The van der Waals surface area contributed by atoms with Crippen LogP contribution in [0.2, 0.25) is 10.0 Å². The Labute approximate surface area is 138 Å². The van der Waals surface area contributed by atoms with E-state index in [1.807, 2.05) is 24.3 Å². The Kier molecular flexibility index (Phi) is 6.43. The van der Waals surface area contributed by atoms with E-state index in [0.717, 1.165) is 22.1 Å². The number of rotatable bonds is 6. The number of halogens is 2. The molecule has 0 aliphatic carbocycles. The molecule has 0 bridgehead atoms. The highest BCUT2D eigenvalue weighted by Crippen LogP contribution is 2.20. The van der Waals surface area contributed by atoms with E-state index in [9.17, 15) is 4.79 Å². The molecule has 0 heterocycles. The standard InChI is InChI=1S/C16H15Cl2NOS/c17-14-6-3-5-12(10-14)16(20)19-8-9-21-11-13-4-1-2-7-15(13)18/h1-7,10H,8-9,11H2,(H,19,20). The van der Waals surface area contributed by atoms with Crippen molar-refractivity contribution in [3.05, 3.63) is 69.7 Å². The molecule has 21 heavy (non-hydrogen) atoms. The molecule has 1 amide bonds. The number of hydrogen-bond acceptors (Lipinski definition) is 2. The van der Waals surface area contributed by atoms with Gasteiger partial charge in [0.25, 0.3) is 5.91 Å². The van der Waals surface area contributed by atoms with E-state index in [-0.39, 0.29) is 5.91 Å². The van der Waals surface area contributed by atoms with Crippen LogP contribution in [-0.2, 0) is 5.75 Å². The normalized spacial score (nSPS) is 10.4. The van der Waals surface area contributed by atoms with Crippen LogP contribution in [0.5, 0.6) is 0 Å². The Morgan fingerprint density at radius 1 is 1.10 bits per heavy atom. The van der Waals surface area contributed by atoms with Crippen LogP contribution in [0.25, 0.3) is 0 Å². The van der Waals surface area contributed by atoms with E-state index in [0.29, 0.717) is 17.1 Å². The Morgan fingerprint density at radius 2 is 1.90 bits per heavy atom. The van der Waals surface area contributed by atoms with E-state index in [1.165, 1.54) is 0 Å². The molecular weight excluding hydrogens is 325 g/mol. The van der Waals surface area contributed by atoms with Crippen molar-refractivity contribution in [1.29, 1.82) is 0 Å². The second-order valence-corrected chi connectivity index (χ2v) is 6.36. The first kappa shape index (κ1) is 16.2. The molecule has 0 atom stereocenters. The fraction of sp³-hybridized carbons (Fsp3) is 0.188. The summed E-state index contributed by atoms with van der Waals surface area (Å²) in [5, 5.41) is 4.23. The average Bonchev–Trinajstić information content (AvgIpc) is 2.48. The molecule has 110 valence electrons. The molecule has 0 saturated heterocycles. The monoisotopic (exact) mass is 339 g/mol. The van der Waals surface area contributed by atoms with Gasteiger partial charge in [-0.2, -0.15) is 11.8 Å². The minimum Gasteiger partial charge on any atom is -0.351 e. The maximum Gasteiger partial charge on any atom is 0.251 e. The summed E-state index contributed by atoms with van der Waals surface area (Å²) in [4.78, 5) is 11.9. The van der Waals surface area contributed by atoms with Gasteiger partial charge in [-0.05, 0) is 29.8 Å². The fourth-order valence-corrected chi connectivity index (χ4v) is 3.10. The molecule has 2 rings (SSSR count). The first-order chi connectivity index (χ1) is 10.2. The van der Waals surface area contributed by atoms with Crippen LogP contribution >= 0.6 is 35.0 Å². The van der Waals surface area contributed by atoms with Gasteiger partial charge in [0.15, 0.2) is 0 Å². The lowest BCUT2D eigenvalue weighted by Crippen LogP contribution is -2.25. The largest absolute Gasteiger partial charge is 0.351 e. The lowest BCUT2D eigenvalue weighted by atomic mass is 10.2. The predicted molar refractivity (Wildman–Crippen MR) is 91.4 cm³/mol. The smallest absolute Gasteiger partial charge is 0.251 e. The van der Waals surface area contributed by atoms with Crippen LogP contribution in [0.3, 0.4) is 0 Å². The Morgan fingerprint density at radius 3 is 2.67 bits per heavy atom. The highest BCUT2D eigenvalue weighted by Gasteiger charge is 2.05. The number of benzene rings is 2. The van der Waals surface area contributed by atoms with Crippen LogP contribution < -0.4 is 5.32 Å². The van der Waals surface area contributed by atoms with Gasteiger partial charge < -0.3 is 5.32 Å². The van der Waals surface area contributed by atoms with Gasteiger partial charge in [-0.15, -0.1) is 0 Å². The van der Waals surface area contributed by atoms with Crippen molar-refractivity contribution in [2.75, 3.05) is 12.3 Å². The quantitative estimate of drug-likeness (QED) is 0.775. The second-order valence-electron chi connectivity index (χ2n) is 4.41. The highest BCUT2D eigenvalue weighted by molar-refractivity contribution is 7.98. The molecule has 0 spiro atoms. The summed E-state index contributed by atoms with van der Waals surface area (Å²) in [6, 6.07) is 14.7. The average molecular weight is 340 g/mol. The van der Waals surface area contributed by atoms with Crippen LogP contribution in [0.15, 0.2) is 48.5 Å². The lowest BCUT2D eigenvalue weighted by Gasteiger charge is -2.06. The number of hydrogen-bond donors (Lipinski definition) is 1. The number of nitrogens with one attached hydrogen (secondary N) is 1. The Bertz CT molecular complexity index is 619. The summed E-state index contributed by atoms with van der Waals surface area (Å²) in [5.41, 5.74) is 1.70. The topological polar surface area (TPSA) is 29.1 Å². The second kappa shape index (κ2) is 8.32. The van der Waals surface area contributed by atoms with Gasteiger partial charge in [-0.25, -0.2) is 0 Å². The van der Waals surface area contributed by atoms with Crippen LogP contribution in [0, 0.1) is 0 Å². The number of amides is 1. The lowest BCUT2D eigenvalue weighted by molar-refractivity contribution is 0.0956. The number of carbonyl (C=O) groups is 1. The van der Waals surface area contributed by atoms with Gasteiger partial charge in [0, 0.05) is 33.7 Å². The van der Waals surface area contributed by atoms with E-state index in [2.05, 4.69) is 5.32 Å². The molecule has 0 fully saturated rings. The summed E-state index contributed by atoms with van der Waals surface area (Å²) >= 11 is 13.7. The Hall–Kier alpha value is -1.16. The molecule has 5 heteroatoms. The molecule has 0 aliphatic heterocycles. The molecule has 0 unspecified atom stereocenters. The van der Waals surface area contributed by atoms with Crippen LogP contribution in [0.4, 0.5) is 0 Å². The van der Waals surface area contributed by atoms with Gasteiger partial charge in [-0.1, -0.05) is 47.5 Å². The summed E-state index contributed by atoms with van der Waals surface area (Å²) < 4.78 is 0. The van der Waals surface area contributed by atoms with E-state index in [4.69, 9.17) is 23.2 Å². The number of thioether (sulfide) groups is 1. The summed E-state index contributed by atoms with van der Waals surface area (Å²) in [6.07, 6.45) is 0. The summed E-state index contributed by atoms with van der Waals surface area (Å²) in [7, 11) is 0. The van der Waals surface area contributed by atoms with Crippen molar-refractivity contribution < 1.29 is 4.79 Å². The first-order valence-corrected chi connectivity index (χ1v) is 8.43. The minimum absolute atomic E-state index is 0.101. The van der Waals surface area contributed by atoms with E-state index < -0.39 is 0 Å². The third-order valence-corrected chi connectivity index (χ3v) is 4.45. The van der Waals surface area contributed by atoms with Crippen molar-refractivity contribution >= 4 is 40.9 Å². The van der Waals surface area contributed by atoms with Crippen molar-refractivity contribution in [2.24, 2.45) is 0 Å². The SMILES string of the molecule is O=C(NCCSCc1ccccc1Cl)c1cccc(Cl)c1. The zero-order valence-electron chi connectivity index (χ0n) is 11.3. The van der Waals surface area contributed by atoms with E-state index >= 15 is 0 Å². The van der Waals surface area contributed by atoms with Crippen molar-refractivity contribution in [3.63, 3.8) is 0 Å². The van der Waals surface area contributed by atoms with Gasteiger partial charge >= 0.3 is 0 Å². The van der Waals surface area contributed by atoms with Gasteiger partial charge in [-0.3, -0.25) is 4.79 Å². The molecule has 0 radical (unpaired) electrons. The zero-order valence-corrected chi connectivity index (χ0v) is 13.6. The van der Waals surface area contributed by atoms with E-state index in [1.54, 1.807) is 36.0 Å². The molecular formula is C16H15Cl2NOS. The Balaban J connectivity index is 1.70. The number of carbonyl (C=O) groups excluding carboxylic acids is 1. The molecule has 1 N–H and O–H groups in total. The highest BCUT2D eigenvalue weighted by atomic mass is 35.5. The third-order valence-electron chi connectivity index (χ3n) is 2.83. The molecule has 2 nitrogen and oxygen atoms in total. The van der Waals surface area contributed by atoms with Gasteiger partial charge in [0.1, 0.15) is 0 Å². The molecule has 2 aromatic carbocycles. The van der Waals surface area contributed by atoms with Crippen molar-refractivity contribution in [1.82, 2.24) is 5.32 Å². The zero-order chi connectivity index (χ0) is 15.1. The molecule has 0 aromatic heterocycles. The maximum absolute atomic E-state index is 11.9. The molecule has 0 aliphatic rings. The fourth-order valence-electron chi connectivity index (χ4n) is 1.77. The molecule has 2 aromatic rings. The first-order valence-electron chi connectivity index (χ1n) is 6.52. The van der Waals surface area contributed by atoms with Crippen LogP contribution in [-0.4, -0.2) is 18.2 Å². The van der Waals surface area contributed by atoms with Gasteiger partial charge in [0.05, 0.1) is 0 Å². The van der Waals surface area contributed by atoms with Gasteiger partial charge in [0.2, 0.25) is 0 Å². The third kappa shape index (κ3) is 5.27.